The monoisotopic (exact) mass is 489 g/mol. The third kappa shape index (κ3) is 4.88. The normalized spacial score (nSPS) is 18.2. The maximum atomic E-state index is 12.7. The number of fused-ring (bicyclic) bond motifs is 1. The first-order valence-electron chi connectivity index (χ1n) is 12.4. The molecule has 5 rings (SSSR count). The maximum absolute atomic E-state index is 12.7. The molecule has 2 saturated heterocycles. The highest BCUT2D eigenvalue weighted by Crippen LogP contribution is 2.36. The van der Waals surface area contributed by atoms with Gasteiger partial charge in [0.2, 0.25) is 0 Å². The molecule has 188 valence electrons. The lowest BCUT2D eigenvalue weighted by Crippen LogP contribution is -2.47. The molecular weight excluding hydrogens is 458 g/mol. The highest BCUT2D eigenvalue weighted by molar-refractivity contribution is 5.89. The molecule has 0 amide bonds. The molecule has 0 bridgehead atoms. The molecule has 2 fully saturated rings. The van der Waals surface area contributed by atoms with Gasteiger partial charge in [-0.1, -0.05) is 0 Å². The minimum absolute atomic E-state index is 0.188. The molecule has 2 aromatic heterocycles. The number of benzene rings is 1. The molecule has 11 heteroatoms. The number of anilines is 3. The Hall–Kier alpha value is -3.59. The van der Waals surface area contributed by atoms with Gasteiger partial charge in [0.05, 0.1) is 18.9 Å². The van der Waals surface area contributed by atoms with Crippen LogP contribution in [0, 0.1) is 11.3 Å². The summed E-state index contributed by atoms with van der Waals surface area (Å²) in [6, 6.07) is 10.4. The number of piperazine rings is 1. The molecule has 2 aliphatic heterocycles. The summed E-state index contributed by atoms with van der Waals surface area (Å²) in [6.45, 7) is 6.14. The molecule has 4 N–H and O–H groups in total. The first-order valence-corrected chi connectivity index (χ1v) is 12.4. The van der Waals surface area contributed by atoms with Crippen molar-refractivity contribution in [3.05, 3.63) is 46.6 Å². The van der Waals surface area contributed by atoms with E-state index in [4.69, 9.17) is 15.1 Å². The summed E-state index contributed by atoms with van der Waals surface area (Å²) in [5.41, 5.74) is 1.56. The summed E-state index contributed by atoms with van der Waals surface area (Å²) in [5, 5.41) is 32.2. The Bertz CT molecular complexity index is 1290. The zero-order valence-electron chi connectivity index (χ0n) is 20.2. The highest BCUT2D eigenvalue weighted by Gasteiger charge is 2.37. The van der Waals surface area contributed by atoms with E-state index in [-0.39, 0.29) is 12.2 Å². The van der Waals surface area contributed by atoms with E-state index < -0.39 is 5.41 Å². The van der Waals surface area contributed by atoms with Crippen LogP contribution in [0.2, 0.25) is 0 Å². The van der Waals surface area contributed by atoms with E-state index in [1.54, 1.807) is 0 Å². The second-order valence-electron chi connectivity index (χ2n) is 9.44. The van der Waals surface area contributed by atoms with Crippen molar-refractivity contribution in [3.8, 4) is 6.07 Å². The molecule has 0 atom stereocenters. The van der Waals surface area contributed by atoms with Crippen molar-refractivity contribution < 1.29 is 5.11 Å². The van der Waals surface area contributed by atoms with Crippen molar-refractivity contribution in [2.45, 2.75) is 24.7 Å². The zero-order valence-corrected chi connectivity index (χ0v) is 20.2. The second-order valence-corrected chi connectivity index (χ2v) is 9.44. The third-order valence-electron chi connectivity index (χ3n) is 7.25. The number of β-amino-alcohol motifs (C(OH)–C–C–N with tert-alkyl or cyclic N) is 1. The average molecular weight is 490 g/mol. The van der Waals surface area contributed by atoms with E-state index >= 15 is 0 Å². The highest BCUT2D eigenvalue weighted by atomic mass is 16.3. The van der Waals surface area contributed by atoms with Crippen molar-refractivity contribution in [3.63, 3.8) is 0 Å². The Kier molecular flexibility index (Phi) is 7.09. The van der Waals surface area contributed by atoms with E-state index in [2.05, 4.69) is 48.8 Å². The molecule has 36 heavy (non-hydrogen) atoms. The van der Waals surface area contributed by atoms with Crippen LogP contribution >= 0.6 is 0 Å². The number of rotatable bonds is 7. The van der Waals surface area contributed by atoms with Gasteiger partial charge in [0.1, 0.15) is 22.5 Å². The van der Waals surface area contributed by atoms with E-state index in [1.165, 1.54) is 6.20 Å². The van der Waals surface area contributed by atoms with E-state index in [0.29, 0.717) is 35.5 Å². The fourth-order valence-corrected chi connectivity index (χ4v) is 5.13. The van der Waals surface area contributed by atoms with Crippen LogP contribution in [0.15, 0.2) is 35.3 Å². The molecule has 0 saturated carbocycles. The topological polar surface area (TPSA) is 146 Å². The summed E-state index contributed by atoms with van der Waals surface area (Å²) in [5.74, 6) is 0.991. The van der Waals surface area contributed by atoms with Crippen LogP contribution in [0.4, 0.5) is 17.2 Å². The Morgan fingerprint density at radius 1 is 1.11 bits per heavy atom. The Morgan fingerprint density at radius 3 is 2.56 bits per heavy atom. The Morgan fingerprint density at radius 2 is 1.86 bits per heavy atom. The van der Waals surface area contributed by atoms with Crippen molar-refractivity contribution in [1.29, 1.82) is 5.26 Å². The number of H-pyrrole nitrogens is 1. The van der Waals surface area contributed by atoms with Gasteiger partial charge in [0.15, 0.2) is 0 Å². The fraction of sp³-hybridized carbons (Fsp3) is 0.480. The van der Waals surface area contributed by atoms with Gasteiger partial charge in [-0.15, -0.1) is 0 Å². The quantitative estimate of drug-likeness (QED) is 0.381. The van der Waals surface area contributed by atoms with Gasteiger partial charge in [-0.2, -0.15) is 10.4 Å². The van der Waals surface area contributed by atoms with Crippen molar-refractivity contribution in [1.82, 2.24) is 30.4 Å². The average Bonchev–Trinajstić information content (AvgIpc) is 2.90. The van der Waals surface area contributed by atoms with Crippen LogP contribution in [0.3, 0.4) is 0 Å². The van der Waals surface area contributed by atoms with E-state index in [1.807, 2.05) is 12.1 Å². The number of nitrogens with zero attached hydrogens (tertiary/aromatic N) is 6. The SMILES string of the molecule is N#CCC1(c2nc(Nc3ccc(N4CCN(CCO)CC4)cc3)c3c(=O)[nH]ncc3n2)CCNCC1. The molecule has 3 aromatic rings. The Balaban J connectivity index is 1.43. The second kappa shape index (κ2) is 10.6. The van der Waals surface area contributed by atoms with E-state index in [9.17, 15) is 10.1 Å². The van der Waals surface area contributed by atoms with Gasteiger partial charge in [-0.05, 0) is 50.2 Å². The first-order chi connectivity index (χ1) is 17.6. The number of aliphatic hydroxyl groups excluding tert-OH is 1. The maximum Gasteiger partial charge on any atom is 0.277 e. The van der Waals surface area contributed by atoms with Crippen molar-refractivity contribution >= 4 is 28.1 Å². The van der Waals surface area contributed by atoms with Gasteiger partial charge < -0.3 is 20.6 Å². The molecule has 2 aliphatic rings. The lowest BCUT2D eigenvalue weighted by molar-refractivity contribution is 0.189. The van der Waals surface area contributed by atoms with Crippen LogP contribution in [0.1, 0.15) is 25.1 Å². The van der Waals surface area contributed by atoms with Crippen molar-refractivity contribution in [2.24, 2.45) is 0 Å². The Labute approximate surface area is 209 Å². The lowest BCUT2D eigenvalue weighted by Gasteiger charge is -2.35. The molecule has 0 aliphatic carbocycles. The summed E-state index contributed by atoms with van der Waals surface area (Å²) < 4.78 is 0. The molecule has 1 aromatic carbocycles. The largest absolute Gasteiger partial charge is 0.395 e. The minimum atomic E-state index is -0.463. The number of piperidine rings is 1. The van der Waals surface area contributed by atoms with E-state index in [0.717, 1.165) is 63.5 Å². The predicted molar refractivity (Wildman–Crippen MR) is 137 cm³/mol. The smallest absolute Gasteiger partial charge is 0.277 e. The predicted octanol–water partition coefficient (Wildman–Crippen LogP) is 1.11. The number of aromatic amines is 1. The van der Waals surface area contributed by atoms with Gasteiger partial charge in [-0.25, -0.2) is 15.1 Å². The lowest BCUT2D eigenvalue weighted by atomic mass is 9.75. The molecule has 4 heterocycles. The summed E-state index contributed by atoms with van der Waals surface area (Å²) in [6.07, 6.45) is 3.36. The zero-order chi connectivity index (χ0) is 25.0. The van der Waals surface area contributed by atoms with Crippen LogP contribution in [0.5, 0.6) is 0 Å². The number of aromatic nitrogens is 4. The molecule has 0 radical (unpaired) electrons. The first kappa shape index (κ1) is 24.1. The van der Waals surface area contributed by atoms with Gasteiger partial charge in [0, 0.05) is 55.9 Å². The number of hydrogen-bond donors (Lipinski definition) is 4. The molecule has 0 spiro atoms. The molecular formula is C25H31N9O2. The molecule has 11 nitrogen and oxygen atoms in total. The summed E-state index contributed by atoms with van der Waals surface area (Å²) in [7, 11) is 0. The number of aliphatic hydroxyl groups is 1. The van der Waals surface area contributed by atoms with Crippen LogP contribution in [0.25, 0.3) is 10.9 Å². The molecule has 0 unspecified atom stereocenters. The van der Waals surface area contributed by atoms with Gasteiger partial charge in [-0.3, -0.25) is 9.69 Å². The van der Waals surface area contributed by atoms with Gasteiger partial charge >= 0.3 is 0 Å². The fourth-order valence-electron chi connectivity index (χ4n) is 5.13. The number of nitrogens with one attached hydrogen (secondary N) is 3. The summed E-state index contributed by atoms with van der Waals surface area (Å²) >= 11 is 0. The van der Waals surface area contributed by atoms with Crippen molar-refractivity contribution in [2.75, 3.05) is 62.6 Å². The standard InChI is InChI=1S/C25H31N9O2/c26-8-5-25(6-9-27-10-7-25)24-30-20-17-28-32-23(36)21(20)22(31-24)29-18-1-3-19(4-2-18)34-13-11-33(12-14-34)15-16-35/h1-4,17,27,35H,5-7,9-16H2,(H,32,36)(H,29,30,31). The van der Waals surface area contributed by atoms with Crippen LogP contribution in [-0.2, 0) is 5.41 Å². The summed E-state index contributed by atoms with van der Waals surface area (Å²) in [4.78, 5) is 26.8. The van der Waals surface area contributed by atoms with Gasteiger partial charge in [0.25, 0.3) is 5.56 Å². The van der Waals surface area contributed by atoms with Crippen LogP contribution in [-0.4, -0.2) is 82.6 Å². The third-order valence-corrected chi connectivity index (χ3v) is 7.25. The van der Waals surface area contributed by atoms with Crippen LogP contribution < -0.4 is 21.1 Å². The number of hydrogen-bond acceptors (Lipinski definition) is 10. The number of nitriles is 1. The minimum Gasteiger partial charge on any atom is -0.395 e.